The van der Waals surface area contributed by atoms with Gasteiger partial charge in [-0.1, -0.05) is 6.08 Å². The molecule has 0 aromatic carbocycles. The van der Waals surface area contributed by atoms with Crippen molar-refractivity contribution < 1.29 is 0 Å². The van der Waals surface area contributed by atoms with E-state index in [2.05, 4.69) is 0 Å². The number of hydrogen-bond acceptors (Lipinski definition) is 0. The molecular weight excluding hydrogens is 253 g/mol. The van der Waals surface area contributed by atoms with Gasteiger partial charge in [-0.15, -0.1) is 56.4 Å². The lowest BCUT2D eigenvalue weighted by Crippen LogP contribution is -2.15. The Morgan fingerprint density at radius 1 is 1.20 bits per heavy atom. The zero-order valence-electron chi connectivity index (χ0n) is 4.88. The van der Waals surface area contributed by atoms with Gasteiger partial charge < -0.3 is 0 Å². The van der Waals surface area contributed by atoms with E-state index in [4.69, 9.17) is 56.4 Å². The van der Waals surface area contributed by atoms with E-state index in [9.17, 15) is 0 Å². The van der Waals surface area contributed by atoms with Gasteiger partial charge in [-0.05, 0) is 5.20 Å². The normalized spacial score (nSPS) is 13.9. The van der Waals surface area contributed by atoms with Crippen molar-refractivity contribution in [1.29, 1.82) is 0 Å². The zero-order chi connectivity index (χ0) is 8.20. The van der Waals surface area contributed by atoms with Gasteiger partial charge in [0.15, 0.2) is 0 Å². The van der Waals surface area contributed by atoms with E-state index < -0.39 is 6.00 Å². The van der Waals surface area contributed by atoms with Crippen LogP contribution in [-0.2, 0) is 0 Å². The Kier molecular flexibility index (Phi) is 5.84. The van der Waals surface area contributed by atoms with Gasteiger partial charge >= 0.3 is 6.00 Å². The van der Waals surface area contributed by atoms with Crippen molar-refractivity contribution in [3.8, 4) is 0 Å². The lowest BCUT2D eigenvalue weighted by Gasteiger charge is -2.08. The van der Waals surface area contributed by atoms with E-state index in [-0.39, 0.29) is 5.88 Å². The fourth-order valence-corrected chi connectivity index (χ4v) is 3.76. The van der Waals surface area contributed by atoms with Crippen molar-refractivity contribution >= 4 is 62.4 Å². The minimum Gasteiger partial charge on any atom is -0.122 e. The van der Waals surface area contributed by atoms with Gasteiger partial charge in [-0.25, -0.2) is 0 Å². The van der Waals surface area contributed by atoms with Gasteiger partial charge in [-0.3, -0.25) is 0 Å². The van der Waals surface area contributed by atoms with Crippen LogP contribution in [0.1, 0.15) is 0 Å². The number of rotatable bonds is 3. The van der Waals surface area contributed by atoms with E-state index >= 15 is 0 Å². The predicted octanol–water partition coefficient (Wildman–Crippen LogP) is 3.58. The van der Waals surface area contributed by atoms with Crippen LogP contribution in [0.2, 0.25) is 0 Å². The molecule has 0 rings (SSSR count). The van der Waals surface area contributed by atoms with Crippen LogP contribution in [0.25, 0.3) is 0 Å². The lowest BCUT2D eigenvalue weighted by atomic mass is 10.6. The number of hydrogen-bond donors (Lipinski definition) is 0. The molecule has 0 aliphatic heterocycles. The molecule has 0 bridgehead atoms. The molecule has 0 heterocycles. The summed E-state index contributed by atoms with van der Waals surface area (Å²) in [6.07, 6.45) is 1.65. The molecule has 0 spiro atoms. The van der Waals surface area contributed by atoms with Crippen molar-refractivity contribution in [3.05, 3.63) is 11.3 Å². The van der Waals surface area contributed by atoms with E-state index in [1.54, 1.807) is 6.08 Å². The summed E-state index contributed by atoms with van der Waals surface area (Å²) in [5.74, 6) is 0.582. The Morgan fingerprint density at radius 3 is 1.80 bits per heavy atom. The molecule has 0 fully saturated rings. The molecule has 0 amide bonds. The highest BCUT2D eigenvalue weighted by atomic mass is 35.8. The van der Waals surface area contributed by atoms with Crippen LogP contribution in [-0.4, -0.2) is 17.8 Å². The van der Waals surface area contributed by atoms with Crippen molar-refractivity contribution in [2.75, 3.05) is 11.8 Å². The third-order valence-corrected chi connectivity index (χ3v) is 4.79. The first-order valence-corrected chi connectivity index (χ1v) is 8.51. The minimum atomic E-state index is -2.75. The topological polar surface area (TPSA) is 0 Å². The third kappa shape index (κ3) is 4.32. The number of alkyl halides is 2. The molecule has 0 aromatic rings. The summed E-state index contributed by atoms with van der Waals surface area (Å²) in [6.45, 7) is 0. The summed E-state index contributed by atoms with van der Waals surface area (Å²) in [5, 5.41) is 0.647. The minimum absolute atomic E-state index is 0.245. The Morgan fingerprint density at radius 2 is 1.70 bits per heavy atom. The molecule has 0 aliphatic rings. The molecule has 0 N–H and O–H groups in total. The molecule has 6 heteroatoms. The number of allylic oxidation sites excluding steroid dienone is 2. The van der Waals surface area contributed by atoms with E-state index in [1.165, 1.54) is 0 Å². The summed E-state index contributed by atoms with van der Waals surface area (Å²) >= 11 is 27.8. The molecule has 0 radical (unpaired) electrons. The standard InChI is InChI=1S/C4H5Cl5Si/c5-2-1-4(3-6)10(7,8)9/h1H,2-3H2/b4-1+. The molecule has 0 saturated carbocycles. The van der Waals surface area contributed by atoms with Crippen molar-refractivity contribution in [3.63, 3.8) is 0 Å². The Balaban J connectivity index is 4.21. The highest BCUT2D eigenvalue weighted by molar-refractivity contribution is 7.67. The maximum absolute atomic E-state index is 5.64. The van der Waals surface area contributed by atoms with Crippen LogP contribution in [0.5, 0.6) is 0 Å². The van der Waals surface area contributed by atoms with Crippen LogP contribution >= 0.6 is 56.4 Å². The fraction of sp³-hybridized carbons (Fsp3) is 0.500. The summed E-state index contributed by atoms with van der Waals surface area (Å²) in [7, 11) is 0. The van der Waals surface area contributed by atoms with Gasteiger partial charge in [0.25, 0.3) is 0 Å². The van der Waals surface area contributed by atoms with E-state index in [1.807, 2.05) is 0 Å². The highest BCUT2D eigenvalue weighted by Gasteiger charge is 2.29. The Bertz CT molecular complexity index is 126. The van der Waals surface area contributed by atoms with Crippen molar-refractivity contribution in [2.45, 2.75) is 0 Å². The summed E-state index contributed by atoms with van der Waals surface area (Å²) in [6, 6.07) is -2.75. The van der Waals surface area contributed by atoms with Crippen LogP contribution < -0.4 is 0 Å². The van der Waals surface area contributed by atoms with Crippen molar-refractivity contribution in [1.82, 2.24) is 0 Å². The zero-order valence-corrected chi connectivity index (χ0v) is 9.66. The van der Waals surface area contributed by atoms with E-state index in [0.717, 1.165) is 0 Å². The molecule has 0 atom stereocenters. The van der Waals surface area contributed by atoms with Gasteiger partial charge in [0.2, 0.25) is 0 Å². The molecule has 0 nitrogen and oxygen atoms in total. The Hall–Kier alpha value is 1.41. The van der Waals surface area contributed by atoms with Gasteiger partial charge in [-0.2, -0.15) is 0 Å². The molecule has 0 saturated heterocycles. The smallest absolute Gasteiger partial charge is 0.122 e. The van der Waals surface area contributed by atoms with Gasteiger partial charge in [0.05, 0.1) is 0 Å². The summed E-state index contributed by atoms with van der Waals surface area (Å²) in [5.41, 5.74) is 0. The second kappa shape index (κ2) is 5.12. The van der Waals surface area contributed by atoms with Crippen molar-refractivity contribution in [2.24, 2.45) is 0 Å². The molecular formula is C4H5Cl5Si. The molecule has 10 heavy (non-hydrogen) atoms. The summed E-state index contributed by atoms with van der Waals surface area (Å²) in [4.78, 5) is 0. The molecule has 60 valence electrons. The van der Waals surface area contributed by atoms with Crippen LogP contribution in [0, 0.1) is 0 Å². The maximum Gasteiger partial charge on any atom is 0.369 e. The quantitative estimate of drug-likeness (QED) is 0.412. The first kappa shape index (κ1) is 11.4. The predicted molar refractivity (Wildman–Crippen MR) is 52.8 cm³/mol. The van der Waals surface area contributed by atoms with E-state index in [0.29, 0.717) is 11.1 Å². The third-order valence-electron chi connectivity index (χ3n) is 0.832. The first-order chi connectivity index (χ1) is 4.52. The molecule has 0 aliphatic carbocycles. The fourth-order valence-electron chi connectivity index (χ4n) is 0.339. The average molecular weight is 258 g/mol. The number of halogens is 5. The first-order valence-electron chi connectivity index (χ1n) is 2.40. The van der Waals surface area contributed by atoms with Crippen LogP contribution in [0.15, 0.2) is 11.3 Å². The Labute approximate surface area is 85.2 Å². The van der Waals surface area contributed by atoms with Crippen LogP contribution in [0.4, 0.5) is 0 Å². The second-order valence-corrected chi connectivity index (χ2v) is 10.6. The SMILES string of the molecule is ClC/C=C(\CCl)[Si](Cl)(Cl)Cl. The molecule has 0 unspecified atom stereocenters. The summed E-state index contributed by atoms with van der Waals surface area (Å²) < 4.78 is 0. The second-order valence-electron chi connectivity index (χ2n) is 1.52. The molecule has 0 aromatic heterocycles. The lowest BCUT2D eigenvalue weighted by molar-refractivity contribution is 1.58. The van der Waals surface area contributed by atoms with Crippen LogP contribution in [0.3, 0.4) is 0 Å². The largest absolute Gasteiger partial charge is 0.369 e. The van der Waals surface area contributed by atoms with Gasteiger partial charge in [0.1, 0.15) is 0 Å². The van der Waals surface area contributed by atoms with Gasteiger partial charge in [0, 0.05) is 11.8 Å². The maximum atomic E-state index is 5.64. The monoisotopic (exact) mass is 256 g/mol. The average Bonchev–Trinajstić information content (AvgIpc) is 1.80. The highest BCUT2D eigenvalue weighted by Crippen LogP contribution is 2.29.